The molecule has 0 bridgehead atoms. The summed E-state index contributed by atoms with van der Waals surface area (Å²) in [6.45, 7) is 7.68. The largest absolute Gasteiger partial charge is 0.380 e. The van der Waals surface area contributed by atoms with Crippen molar-refractivity contribution >= 4 is 17.3 Å². The molecule has 0 aromatic heterocycles. The van der Waals surface area contributed by atoms with Gasteiger partial charge in [0.15, 0.2) is 0 Å². The van der Waals surface area contributed by atoms with E-state index in [1.165, 1.54) is 11.3 Å². The molecular weight excluding hydrogens is 260 g/mol. The van der Waals surface area contributed by atoms with Gasteiger partial charge >= 0.3 is 0 Å². The van der Waals surface area contributed by atoms with Gasteiger partial charge in [-0.1, -0.05) is 24.6 Å². The molecule has 0 amide bonds. The highest BCUT2D eigenvalue weighted by molar-refractivity contribution is 6.31. The highest BCUT2D eigenvalue weighted by atomic mass is 35.5. The van der Waals surface area contributed by atoms with Gasteiger partial charge in [0.2, 0.25) is 0 Å². The van der Waals surface area contributed by atoms with E-state index in [2.05, 4.69) is 23.2 Å². The van der Waals surface area contributed by atoms with Crippen LogP contribution in [0, 0.1) is 0 Å². The van der Waals surface area contributed by atoms with Crippen LogP contribution in [0.4, 0.5) is 5.69 Å². The van der Waals surface area contributed by atoms with Gasteiger partial charge in [-0.2, -0.15) is 0 Å². The minimum atomic E-state index is 0.800. The number of anilines is 1. The number of hydrogen-bond acceptors (Lipinski definition) is 3. The van der Waals surface area contributed by atoms with E-state index in [0.29, 0.717) is 0 Å². The lowest BCUT2D eigenvalue weighted by molar-refractivity contribution is 0.152. The predicted molar refractivity (Wildman–Crippen MR) is 81.1 cm³/mol. The second kappa shape index (κ2) is 7.73. The van der Waals surface area contributed by atoms with Crippen molar-refractivity contribution in [3.8, 4) is 0 Å². The first kappa shape index (κ1) is 14.6. The van der Waals surface area contributed by atoms with E-state index in [1.54, 1.807) is 0 Å². The third-order valence-electron chi connectivity index (χ3n) is 3.39. The van der Waals surface area contributed by atoms with Crippen LogP contribution < -0.4 is 10.2 Å². The summed E-state index contributed by atoms with van der Waals surface area (Å²) in [5, 5.41) is 4.30. The van der Waals surface area contributed by atoms with Crippen molar-refractivity contribution in [2.45, 2.75) is 26.3 Å². The molecule has 106 valence electrons. The van der Waals surface area contributed by atoms with Crippen molar-refractivity contribution in [1.82, 2.24) is 5.32 Å². The first-order valence-electron chi connectivity index (χ1n) is 7.13. The van der Waals surface area contributed by atoms with Crippen molar-refractivity contribution in [2.75, 3.05) is 37.7 Å². The van der Waals surface area contributed by atoms with Crippen LogP contribution in [0.5, 0.6) is 0 Å². The van der Waals surface area contributed by atoms with E-state index in [1.807, 2.05) is 12.1 Å². The molecule has 1 aliphatic rings. The van der Waals surface area contributed by atoms with Gasteiger partial charge < -0.3 is 15.0 Å². The van der Waals surface area contributed by atoms with Crippen LogP contribution >= 0.6 is 11.6 Å². The van der Waals surface area contributed by atoms with Gasteiger partial charge in [-0.3, -0.25) is 0 Å². The molecule has 0 aliphatic carbocycles. The molecule has 0 radical (unpaired) electrons. The maximum absolute atomic E-state index is 6.37. The Morgan fingerprint density at radius 3 is 3.05 bits per heavy atom. The van der Waals surface area contributed by atoms with Crippen LogP contribution in [0.1, 0.15) is 25.3 Å². The van der Waals surface area contributed by atoms with E-state index in [9.17, 15) is 0 Å². The van der Waals surface area contributed by atoms with Crippen molar-refractivity contribution in [3.05, 3.63) is 28.8 Å². The van der Waals surface area contributed by atoms with Crippen molar-refractivity contribution in [3.63, 3.8) is 0 Å². The molecule has 0 spiro atoms. The van der Waals surface area contributed by atoms with Gasteiger partial charge in [-0.05, 0) is 31.5 Å². The fourth-order valence-corrected chi connectivity index (χ4v) is 2.63. The zero-order chi connectivity index (χ0) is 13.5. The highest BCUT2D eigenvalue weighted by Gasteiger charge is 2.15. The van der Waals surface area contributed by atoms with Crippen molar-refractivity contribution in [2.24, 2.45) is 0 Å². The average molecular weight is 283 g/mol. The second-order valence-corrected chi connectivity index (χ2v) is 5.27. The summed E-state index contributed by atoms with van der Waals surface area (Å²) in [4.78, 5) is 2.39. The van der Waals surface area contributed by atoms with E-state index < -0.39 is 0 Å². The summed E-state index contributed by atoms with van der Waals surface area (Å²) < 4.78 is 5.52. The Balaban J connectivity index is 2.15. The predicted octanol–water partition coefficient (Wildman–Crippen LogP) is 3.07. The minimum Gasteiger partial charge on any atom is -0.380 e. The lowest BCUT2D eigenvalue weighted by atomic mass is 10.1. The number of hydrogen-bond donors (Lipinski definition) is 1. The summed E-state index contributed by atoms with van der Waals surface area (Å²) >= 11 is 6.37. The first-order valence-corrected chi connectivity index (χ1v) is 7.51. The number of nitrogens with one attached hydrogen (secondary N) is 1. The fourth-order valence-electron chi connectivity index (χ4n) is 2.40. The van der Waals surface area contributed by atoms with Crippen LogP contribution in [0.2, 0.25) is 5.02 Å². The highest BCUT2D eigenvalue weighted by Crippen LogP contribution is 2.28. The number of nitrogens with zero attached hydrogens (tertiary/aromatic N) is 1. The Morgan fingerprint density at radius 1 is 1.32 bits per heavy atom. The zero-order valence-corrected chi connectivity index (χ0v) is 12.4. The summed E-state index contributed by atoms with van der Waals surface area (Å²) in [7, 11) is 0. The molecule has 1 aromatic carbocycles. The first-order chi connectivity index (χ1) is 9.33. The van der Waals surface area contributed by atoms with Crippen LogP contribution in [0.15, 0.2) is 18.2 Å². The van der Waals surface area contributed by atoms with E-state index in [0.717, 1.165) is 57.3 Å². The van der Waals surface area contributed by atoms with Crippen LogP contribution in [0.25, 0.3) is 0 Å². The molecule has 0 saturated carbocycles. The van der Waals surface area contributed by atoms with Crippen molar-refractivity contribution < 1.29 is 4.74 Å². The Kier molecular flexibility index (Phi) is 5.95. The third-order valence-corrected chi connectivity index (χ3v) is 3.74. The standard InChI is InChI=1S/C15H23ClN2O/c1-2-7-17-12-13-14(16)5-3-6-15(13)18-8-4-10-19-11-9-18/h3,5-6,17H,2,4,7-12H2,1H3. The molecular formula is C15H23ClN2O. The summed E-state index contributed by atoms with van der Waals surface area (Å²) in [6.07, 6.45) is 2.21. The van der Waals surface area contributed by atoms with Crippen LogP contribution in [-0.4, -0.2) is 32.8 Å². The number of halogens is 1. The molecule has 1 aliphatic heterocycles. The Morgan fingerprint density at radius 2 is 2.21 bits per heavy atom. The van der Waals surface area contributed by atoms with E-state index >= 15 is 0 Å². The second-order valence-electron chi connectivity index (χ2n) is 4.87. The molecule has 2 rings (SSSR count). The molecule has 1 saturated heterocycles. The van der Waals surface area contributed by atoms with Crippen molar-refractivity contribution in [1.29, 1.82) is 0 Å². The third kappa shape index (κ3) is 4.10. The Labute approximate surface area is 120 Å². The lowest BCUT2D eigenvalue weighted by Crippen LogP contribution is -2.28. The molecule has 0 atom stereocenters. The topological polar surface area (TPSA) is 24.5 Å². The average Bonchev–Trinajstić information content (AvgIpc) is 2.69. The Hall–Kier alpha value is -0.770. The maximum Gasteiger partial charge on any atom is 0.0641 e. The maximum atomic E-state index is 6.37. The quantitative estimate of drug-likeness (QED) is 0.840. The summed E-state index contributed by atoms with van der Waals surface area (Å²) in [5.74, 6) is 0. The zero-order valence-electron chi connectivity index (χ0n) is 11.6. The summed E-state index contributed by atoms with van der Waals surface area (Å²) in [5.41, 5.74) is 2.46. The fraction of sp³-hybridized carbons (Fsp3) is 0.600. The smallest absolute Gasteiger partial charge is 0.0641 e. The lowest BCUT2D eigenvalue weighted by Gasteiger charge is -2.25. The van der Waals surface area contributed by atoms with Gasteiger partial charge in [0, 0.05) is 42.5 Å². The molecule has 1 heterocycles. The monoisotopic (exact) mass is 282 g/mol. The van der Waals surface area contributed by atoms with Crippen LogP contribution in [-0.2, 0) is 11.3 Å². The number of benzene rings is 1. The van der Waals surface area contributed by atoms with Crippen LogP contribution in [0.3, 0.4) is 0 Å². The SMILES string of the molecule is CCCNCc1c(Cl)cccc1N1CCCOCC1. The molecule has 4 heteroatoms. The molecule has 1 fully saturated rings. The molecule has 0 unspecified atom stereocenters. The normalized spacial score (nSPS) is 16.4. The van der Waals surface area contributed by atoms with Gasteiger partial charge in [0.05, 0.1) is 6.61 Å². The molecule has 1 aromatic rings. The van der Waals surface area contributed by atoms with E-state index in [4.69, 9.17) is 16.3 Å². The summed E-state index contributed by atoms with van der Waals surface area (Å²) in [6, 6.07) is 6.18. The van der Waals surface area contributed by atoms with Gasteiger partial charge in [0.25, 0.3) is 0 Å². The number of ether oxygens (including phenoxy) is 1. The molecule has 1 N–H and O–H groups in total. The van der Waals surface area contributed by atoms with Gasteiger partial charge in [0.1, 0.15) is 0 Å². The van der Waals surface area contributed by atoms with Gasteiger partial charge in [-0.25, -0.2) is 0 Å². The van der Waals surface area contributed by atoms with E-state index in [-0.39, 0.29) is 0 Å². The van der Waals surface area contributed by atoms with Gasteiger partial charge in [-0.15, -0.1) is 0 Å². The molecule has 19 heavy (non-hydrogen) atoms. The number of rotatable bonds is 5. The minimum absolute atomic E-state index is 0.800. The molecule has 3 nitrogen and oxygen atoms in total. The Bertz CT molecular complexity index is 390.